The zero-order chi connectivity index (χ0) is 12.1. The molecule has 2 rings (SSSR count). The Balaban J connectivity index is 2.60. The highest BCUT2D eigenvalue weighted by Crippen LogP contribution is 2.26. The average molecular weight is 225 g/mol. The van der Waals surface area contributed by atoms with Crippen LogP contribution in [-0.4, -0.2) is 20.7 Å². The highest BCUT2D eigenvalue weighted by molar-refractivity contribution is 5.90. The van der Waals surface area contributed by atoms with Gasteiger partial charge in [-0.1, -0.05) is 42.2 Å². The second-order valence-corrected chi connectivity index (χ2v) is 3.70. The lowest BCUT2D eigenvalue weighted by molar-refractivity contribution is 0.414. The molecule has 17 heavy (non-hydrogen) atoms. The molecule has 0 fully saturated rings. The molecule has 0 heterocycles. The first-order valence-corrected chi connectivity index (χ1v) is 5.56. The van der Waals surface area contributed by atoms with E-state index in [9.17, 15) is 0 Å². The second-order valence-electron chi connectivity index (χ2n) is 3.70. The average Bonchev–Trinajstić information content (AvgIpc) is 2.39. The monoisotopic (exact) mass is 225 g/mol. The molecule has 0 aliphatic rings. The minimum Gasteiger partial charge on any atom is -0.495 e. The van der Waals surface area contributed by atoms with Crippen LogP contribution in [0.15, 0.2) is 36.4 Å². The molecule has 0 saturated heterocycles. The molecule has 0 atom stereocenters. The Hall–Kier alpha value is -1.98. The molecule has 0 bridgehead atoms. The van der Waals surface area contributed by atoms with E-state index in [1.807, 2.05) is 25.2 Å². The molecule has 86 valence electrons. The van der Waals surface area contributed by atoms with Crippen LogP contribution >= 0.6 is 0 Å². The zero-order valence-corrected chi connectivity index (χ0v) is 10.1. The summed E-state index contributed by atoms with van der Waals surface area (Å²) in [7, 11) is 3.56. The largest absolute Gasteiger partial charge is 0.495 e. The Bertz CT molecular complexity index is 578. The molecular weight excluding hydrogens is 210 g/mol. The molecule has 0 aromatic heterocycles. The van der Waals surface area contributed by atoms with Gasteiger partial charge in [0, 0.05) is 5.39 Å². The van der Waals surface area contributed by atoms with Crippen molar-refractivity contribution in [2.24, 2.45) is 0 Å². The first kappa shape index (κ1) is 11.5. The summed E-state index contributed by atoms with van der Waals surface area (Å²) in [5.74, 6) is 7.07. The number of ether oxygens (including phenoxy) is 1. The summed E-state index contributed by atoms with van der Waals surface area (Å²) in [5.41, 5.74) is 0.959. The van der Waals surface area contributed by atoms with Crippen LogP contribution in [0, 0.1) is 11.8 Å². The molecule has 1 N–H and O–H groups in total. The smallest absolute Gasteiger partial charge is 0.135 e. The van der Waals surface area contributed by atoms with E-state index in [1.165, 1.54) is 5.39 Å². The molecule has 2 nitrogen and oxygen atoms in total. The van der Waals surface area contributed by atoms with Crippen molar-refractivity contribution in [3.05, 3.63) is 42.0 Å². The lowest BCUT2D eigenvalue weighted by Crippen LogP contribution is -2.04. The summed E-state index contributed by atoms with van der Waals surface area (Å²) in [6.07, 6.45) is 0. The fourth-order valence-corrected chi connectivity index (χ4v) is 1.77. The maximum Gasteiger partial charge on any atom is 0.135 e. The summed E-state index contributed by atoms with van der Waals surface area (Å²) in [4.78, 5) is 0. The molecule has 0 spiro atoms. The maximum atomic E-state index is 5.36. The van der Waals surface area contributed by atoms with Crippen LogP contribution in [0.2, 0.25) is 0 Å². The predicted molar refractivity (Wildman–Crippen MR) is 71.3 cm³/mol. The number of hydrogen-bond donors (Lipinski definition) is 1. The molecule has 2 aromatic carbocycles. The van der Waals surface area contributed by atoms with Crippen LogP contribution in [0.4, 0.5) is 0 Å². The van der Waals surface area contributed by atoms with Crippen LogP contribution in [0.5, 0.6) is 5.75 Å². The van der Waals surface area contributed by atoms with Gasteiger partial charge in [0.05, 0.1) is 19.2 Å². The van der Waals surface area contributed by atoms with E-state index in [-0.39, 0.29) is 0 Å². The van der Waals surface area contributed by atoms with Gasteiger partial charge in [0.2, 0.25) is 0 Å². The van der Waals surface area contributed by atoms with Gasteiger partial charge in [-0.05, 0) is 18.5 Å². The van der Waals surface area contributed by atoms with Crippen molar-refractivity contribution in [1.82, 2.24) is 5.32 Å². The van der Waals surface area contributed by atoms with Crippen molar-refractivity contribution < 1.29 is 4.74 Å². The number of fused-ring (bicyclic) bond motifs is 1. The summed E-state index contributed by atoms with van der Waals surface area (Å²) in [6, 6.07) is 12.2. The first-order chi connectivity index (χ1) is 8.36. The fourth-order valence-electron chi connectivity index (χ4n) is 1.77. The molecule has 2 heteroatoms. The Morgan fingerprint density at radius 1 is 1.18 bits per heavy atom. The van der Waals surface area contributed by atoms with Gasteiger partial charge >= 0.3 is 0 Å². The van der Waals surface area contributed by atoms with Crippen LogP contribution in [-0.2, 0) is 0 Å². The van der Waals surface area contributed by atoms with Crippen LogP contribution < -0.4 is 10.1 Å². The van der Waals surface area contributed by atoms with Crippen molar-refractivity contribution in [3.63, 3.8) is 0 Å². The van der Waals surface area contributed by atoms with E-state index < -0.39 is 0 Å². The van der Waals surface area contributed by atoms with E-state index in [0.717, 1.165) is 16.7 Å². The zero-order valence-electron chi connectivity index (χ0n) is 10.1. The molecule has 0 aliphatic carbocycles. The van der Waals surface area contributed by atoms with Gasteiger partial charge < -0.3 is 10.1 Å². The Kier molecular flexibility index (Phi) is 3.64. The highest BCUT2D eigenvalue weighted by atomic mass is 16.5. The van der Waals surface area contributed by atoms with Gasteiger partial charge in [-0.3, -0.25) is 0 Å². The Morgan fingerprint density at radius 2 is 2.00 bits per heavy atom. The number of nitrogens with one attached hydrogen (secondary N) is 1. The molecule has 0 amide bonds. The number of hydrogen-bond acceptors (Lipinski definition) is 2. The van der Waals surface area contributed by atoms with Crippen LogP contribution in [0.1, 0.15) is 5.56 Å². The van der Waals surface area contributed by atoms with Crippen molar-refractivity contribution in [1.29, 1.82) is 0 Å². The molecular formula is C15H15NO. The summed E-state index contributed by atoms with van der Waals surface area (Å²) in [5, 5.41) is 5.33. The molecule has 0 radical (unpaired) electrons. The number of rotatable bonds is 2. The summed E-state index contributed by atoms with van der Waals surface area (Å²) >= 11 is 0. The third-order valence-corrected chi connectivity index (χ3v) is 2.59. The number of methoxy groups -OCH3 is 1. The highest BCUT2D eigenvalue weighted by Gasteiger charge is 2.04. The Morgan fingerprint density at radius 3 is 2.76 bits per heavy atom. The van der Waals surface area contributed by atoms with Crippen molar-refractivity contribution in [2.45, 2.75) is 0 Å². The van der Waals surface area contributed by atoms with Crippen molar-refractivity contribution in [2.75, 3.05) is 20.7 Å². The van der Waals surface area contributed by atoms with Crippen molar-refractivity contribution >= 4 is 10.8 Å². The van der Waals surface area contributed by atoms with Gasteiger partial charge in [0.15, 0.2) is 0 Å². The fraction of sp³-hybridized carbons (Fsp3) is 0.200. The third-order valence-electron chi connectivity index (χ3n) is 2.59. The second kappa shape index (κ2) is 5.38. The molecule has 0 aliphatic heterocycles. The van der Waals surface area contributed by atoms with Gasteiger partial charge in [0.25, 0.3) is 0 Å². The van der Waals surface area contributed by atoms with Gasteiger partial charge in [-0.25, -0.2) is 0 Å². The SMILES string of the molecule is CNCC#Cc1c(OC)ccc2ccccc12. The van der Waals surface area contributed by atoms with E-state index in [0.29, 0.717) is 6.54 Å². The summed E-state index contributed by atoms with van der Waals surface area (Å²) < 4.78 is 5.36. The third kappa shape index (κ3) is 2.41. The van der Waals surface area contributed by atoms with Gasteiger partial charge in [-0.15, -0.1) is 0 Å². The summed E-state index contributed by atoms with van der Waals surface area (Å²) in [6.45, 7) is 0.673. The van der Waals surface area contributed by atoms with Gasteiger partial charge in [-0.2, -0.15) is 0 Å². The molecule has 0 saturated carbocycles. The number of benzene rings is 2. The van der Waals surface area contributed by atoms with E-state index in [2.05, 4.69) is 35.4 Å². The normalized spacial score (nSPS) is 9.76. The standard InChI is InChI=1S/C15H15NO/c1-16-11-5-8-14-13-7-4-3-6-12(13)9-10-15(14)17-2/h3-4,6-7,9-10,16H,11H2,1-2H3. The van der Waals surface area contributed by atoms with E-state index in [4.69, 9.17) is 4.74 Å². The lowest BCUT2D eigenvalue weighted by atomic mass is 10.0. The minimum absolute atomic E-state index is 0.673. The maximum absolute atomic E-state index is 5.36. The topological polar surface area (TPSA) is 21.3 Å². The quantitative estimate of drug-likeness (QED) is 0.792. The van der Waals surface area contributed by atoms with E-state index in [1.54, 1.807) is 7.11 Å². The Labute approximate surface area is 102 Å². The minimum atomic E-state index is 0.673. The van der Waals surface area contributed by atoms with Gasteiger partial charge in [0.1, 0.15) is 5.75 Å². The molecule has 0 unspecified atom stereocenters. The lowest BCUT2D eigenvalue weighted by Gasteiger charge is -2.06. The molecule has 2 aromatic rings. The van der Waals surface area contributed by atoms with Crippen LogP contribution in [0.25, 0.3) is 10.8 Å². The van der Waals surface area contributed by atoms with Crippen LogP contribution in [0.3, 0.4) is 0 Å². The predicted octanol–water partition coefficient (Wildman–Crippen LogP) is 2.42. The van der Waals surface area contributed by atoms with E-state index >= 15 is 0 Å². The first-order valence-electron chi connectivity index (χ1n) is 5.56. The van der Waals surface area contributed by atoms with Crippen molar-refractivity contribution in [3.8, 4) is 17.6 Å².